The molecule has 0 bridgehead atoms. The van der Waals surface area contributed by atoms with E-state index in [0.29, 0.717) is 6.07 Å². The third kappa shape index (κ3) is 4.23. The van der Waals surface area contributed by atoms with Gasteiger partial charge < -0.3 is 11.1 Å². The largest absolute Gasteiger partial charge is 0.370 e. The number of halogens is 2. The summed E-state index contributed by atoms with van der Waals surface area (Å²) in [5.74, 6) is -2.66. The van der Waals surface area contributed by atoms with Crippen LogP contribution in [-0.4, -0.2) is 16.4 Å². The third-order valence-electron chi connectivity index (χ3n) is 2.69. The van der Waals surface area contributed by atoms with Crippen molar-refractivity contribution in [3.63, 3.8) is 0 Å². The van der Waals surface area contributed by atoms with Crippen LogP contribution in [0.1, 0.15) is 25.8 Å². The molecule has 0 heterocycles. The summed E-state index contributed by atoms with van der Waals surface area (Å²) in [4.78, 5) is 20.5. The summed E-state index contributed by atoms with van der Waals surface area (Å²) >= 11 is 0. The highest BCUT2D eigenvalue weighted by atomic mass is 19.1. The normalized spacial score (nSPS) is 11.4. The van der Waals surface area contributed by atoms with E-state index in [4.69, 9.17) is 5.73 Å². The maximum absolute atomic E-state index is 13.5. The Labute approximate surface area is 114 Å². The first-order valence-corrected chi connectivity index (χ1v) is 5.78. The topological polar surface area (TPSA) is 98.3 Å². The lowest BCUT2D eigenvalue weighted by atomic mass is 9.99. The Morgan fingerprint density at radius 3 is 2.50 bits per heavy atom. The molecule has 0 saturated carbocycles. The Bertz CT molecular complexity index is 547. The Kier molecular flexibility index (Phi) is 4.72. The number of hydrogen-bond donors (Lipinski definition) is 2. The standard InChI is InChI=1S/C12H15F2N3O3/c1-12(2,5-11(15)18)16-6-7-3-10(17(19)20)9(14)4-8(7)13/h3-4,16H,5-6H2,1-2H3,(H2,15,18). The molecule has 1 amide bonds. The van der Waals surface area contributed by atoms with E-state index in [9.17, 15) is 23.7 Å². The van der Waals surface area contributed by atoms with Gasteiger partial charge >= 0.3 is 5.69 Å². The molecule has 0 atom stereocenters. The van der Waals surface area contributed by atoms with E-state index in [-0.39, 0.29) is 18.5 Å². The van der Waals surface area contributed by atoms with Crippen LogP contribution in [0.15, 0.2) is 12.1 Å². The van der Waals surface area contributed by atoms with Crippen molar-refractivity contribution in [2.45, 2.75) is 32.4 Å². The molecule has 1 aromatic rings. The summed E-state index contributed by atoms with van der Waals surface area (Å²) < 4.78 is 26.7. The molecule has 0 aromatic heterocycles. The summed E-state index contributed by atoms with van der Waals surface area (Å²) in [5.41, 5.74) is 3.51. The van der Waals surface area contributed by atoms with Crippen molar-refractivity contribution in [1.82, 2.24) is 5.32 Å². The number of nitrogens with two attached hydrogens (primary N) is 1. The number of amides is 1. The zero-order valence-electron chi connectivity index (χ0n) is 11.1. The van der Waals surface area contributed by atoms with E-state index >= 15 is 0 Å². The average Bonchev–Trinajstić information content (AvgIpc) is 2.25. The van der Waals surface area contributed by atoms with Crippen LogP contribution >= 0.6 is 0 Å². The maximum Gasteiger partial charge on any atom is 0.305 e. The molecule has 0 fully saturated rings. The number of carbonyl (C=O) groups is 1. The first kappa shape index (κ1) is 16.0. The number of nitrogens with one attached hydrogen (secondary N) is 1. The van der Waals surface area contributed by atoms with E-state index in [1.807, 2.05) is 0 Å². The van der Waals surface area contributed by atoms with E-state index < -0.39 is 33.7 Å². The molecule has 0 aliphatic heterocycles. The molecule has 0 saturated heterocycles. The van der Waals surface area contributed by atoms with Gasteiger partial charge in [0.1, 0.15) is 5.82 Å². The number of nitrogens with zero attached hydrogens (tertiary/aromatic N) is 1. The molecule has 0 spiro atoms. The molecule has 8 heteroatoms. The van der Waals surface area contributed by atoms with Crippen molar-refractivity contribution in [3.05, 3.63) is 39.4 Å². The Balaban J connectivity index is 2.90. The summed E-state index contributed by atoms with van der Waals surface area (Å²) in [6.07, 6.45) is 0.0118. The molecule has 0 aliphatic rings. The molecule has 6 nitrogen and oxygen atoms in total. The van der Waals surface area contributed by atoms with Crippen molar-refractivity contribution < 1.29 is 18.5 Å². The van der Waals surface area contributed by atoms with Gasteiger partial charge in [-0.3, -0.25) is 14.9 Å². The molecule has 0 radical (unpaired) electrons. The second-order valence-electron chi connectivity index (χ2n) is 5.03. The van der Waals surface area contributed by atoms with Crippen LogP contribution in [0.2, 0.25) is 0 Å². The van der Waals surface area contributed by atoms with Gasteiger partial charge in [0, 0.05) is 36.2 Å². The third-order valence-corrected chi connectivity index (χ3v) is 2.69. The average molecular weight is 287 g/mol. The zero-order valence-corrected chi connectivity index (χ0v) is 11.1. The van der Waals surface area contributed by atoms with Crippen molar-refractivity contribution >= 4 is 11.6 Å². The van der Waals surface area contributed by atoms with Crippen LogP contribution < -0.4 is 11.1 Å². The summed E-state index contributed by atoms with van der Waals surface area (Å²) in [6.45, 7) is 3.26. The van der Waals surface area contributed by atoms with Gasteiger partial charge in [-0.1, -0.05) is 0 Å². The van der Waals surface area contributed by atoms with Crippen LogP contribution in [0.4, 0.5) is 14.5 Å². The first-order valence-electron chi connectivity index (χ1n) is 5.78. The molecule has 110 valence electrons. The summed E-state index contributed by atoms with van der Waals surface area (Å²) in [7, 11) is 0. The van der Waals surface area contributed by atoms with Gasteiger partial charge in [0.2, 0.25) is 11.7 Å². The minimum absolute atomic E-state index is 0.0118. The highest BCUT2D eigenvalue weighted by Gasteiger charge is 2.22. The van der Waals surface area contributed by atoms with Crippen LogP contribution in [0.5, 0.6) is 0 Å². The fraction of sp³-hybridized carbons (Fsp3) is 0.417. The minimum Gasteiger partial charge on any atom is -0.370 e. The summed E-state index contributed by atoms with van der Waals surface area (Å²) in [5, 5.41) is 13.4. The molecule has 0 unspecified atom stereocenters. The van der Waals surface area contributed by atoms with Gasteiger partial charge in [0.15, 0.2) is 0 Å². The second kappa shape index (κ2) is 5.91. The lowest BCUT2D eigenvalue weighted by Crippen LogP contribution is -2.42. The Morgan fingerprint density at radius 1 is 1.40 bits per heavy atom. The van der Waals surface area contributed by atoms with Crippen molar-refractivity contribution in [2.75, 3.05) is 0 Å². The Hall–Kier alpha value is -2.09. The number of hydrogen-bond acceptors (Lipinski definition) is 4. The fourth-order valence-electron chi connectivity index (χ4n) is 1.69. The number of rotatable bonds is 6. The van der Waals surface area contributed by atoms with Gasteiger partial charge in [-0.25, -0.2) is 4.39 Å². The highest BCUT2D eigenvalue weighted by Crippen LogP contribution is 2.22. The van der Waals surface area contributed by atoms with E-state index in [1.54, 1.807) is 13.8 Å². The number of primary amides is 1. The van der Waals surface area contributed by atoms with E-state index in [2.05, 4.69) is 5.32 Å². The SMILES string of the molecule is CC(C)(CC(N)=O)NCc1cc([N+](=O)[O-])c(F)cc1F. The zero-order chi connectivity index (χ0) is 15.5. The monoisotopic (exact) mass is 287 g/mol. The van der Waals surface area contributed by atoms with Gasteiger partial charge in [0.25, 0.3) is 0 Å². The predicted molar refractivity (Wildman–Crippen MR) is 67.7 cm³/mol. The minimum atomic E-state index is -1.23. The second-order valence-corrected chi connectivity index (χ2v) is 5.03. The number of carbonyl (C=O) groups excluding carboxylic acids is 1. The van der Waals surface area contributed by atoms with Crippen molar-refractivity contribution in [1.29, 1.82) is 0 Å². The van der Waals surface area contributed by atoms with Gasteiger partial charge in [-0.2, -0.15) is 4.39 Å². The van der Waals surface area contributed by atoms with E-state index in [1.165, 1.54) is 0 Å². The molecule has 1 aromatic carbocycles. The Morgan fingerprint density at radius 2 is 2.00 bits per heavy atom. The predicted octanol–water partition coefficient (Wildman–Crippen LogP) is 1.62. The van der Waals surface area contributed by atoms with Gasteiger partial charge in [-0.05, 0) is 13.8 Å². The summed E-state index contributed by atoms with van der Waals surface area (Å²) in [6, 6.07) is 1.30. The van der Waals surface area contributed by atoms with Crippen LogP contribution in [0, 0.1) is 21.7 Å². The van der Waals surface area contributed by atoms with Gasteiger partial charge in [-0.15, -0.1) is 0 Å². The number of nitro benzene ring substituents is 1. The first-order chi connectivity index (χ1) is 9.12. The number of nitro groups is 1. The molecular formula is C12H15F2N3O3. The molecule has 20 heavy (non-hydrogen) atoms. The molecule has 0 aliphatic carbocycles. The van der Waals surface area contributed by atoms with Crippen LogP contribution in [-0.2, 0) is 11.3 Å². The quantitative estimate of drug-likeness (QED) is 0.613. The van der Waals surface area contributed by atoms with Crippen LogP contribution in [0.3, 0.4) is 0 Å². The van der Waals surface area contributed by atoms with Crippen molar-refractivity contribution in [3.8, 4) is 0 Å². The maximum atomic E-state index is 13.5. The van der Waals surface area contributed by atoms with Gasteiger partial charge in [0.05, 0.1) is 4.92 Å². The number of benzene rings is 1. The molecular weight excluding hydrogens is 272 g/mol. The fourth-order valence-corrected chi connectivity index (χ4v) is 1.69. The smallest absolute Gasteiger partial charge is 0.305 e. The molecule has 1 rings (SSSR count). The van der Waals surface area contributed by atoms with Crippen molar-refractivity contribution in [2.24, 2.45) is 5.73 Å². The lowest BCUT2D eigenvalue weighted by Gasteiger charge is -2.25. The molecule has 3 N–H and O–H groups in total. The van der Waals surface area contributed by atoms with E-state index in [0.717, 1.165) is 6.07 Å². The lowest BCUT2D eigenvalue weighted by molar-refractivity contribution is -0.387. The highest BCUT2D eigenvalue weighted by molar-refractivity contribution is 5.75. The van der Waals surface area contributed by atoms with Crippen LogP contribution in [0.25, 0.3) is 0 Å².